The lowest BCUT2D eigenvalue weighted by Gasteiger charge is -2.00. The van der Waals surface area contributed by atoms with Gasteiger partial charge in [-0.05, 0) is 19.1 Å². The minimum Gasteiger partial charge on any atom is -0.397 e. The molecule has 0 unspecified atom stereocenters. The summed E-state index contributed by atoms with van der Waals surface area (Å²) in [5, 5.41) is 6.49. The highest BCUT2D eigenvalue weighted by Gasteiger charge is 2.18. The van der Waals surface area contributed by atoms with Gasteiger partial charge in [0.1, 0.15) is 4.88 Å². The quantitative estimate of drug-likeness (QED) is 0.744. The molecule has 0 aliphatic carbocycles. The summed E-state index contributed by atoms with van der Waals surface area (Å²) in [5.74, 6) is -0.255. The maximum Gasteiger partial charge on any atom is 0.269 e. The summed E-state index contributed by atoms with van der Waals surface area (Å²) in [6, 6.07) is 5.50. The zero-order chi connectivity index (χ0) is 14.3. The Hall–Kier alpha value is -1.63. The largest absolute Gasteiger partial charge is 0.397 e. The first kappa shape index (κ1) is 13.4. The number of thiophene rings is 1. The monoisotopic (exact) mass is 323 g/mol. The Kier molecular flexibility index (Phi) is 3.37. The number of carbonyl (C=O) groups excluding carboxylic acids is 1. The molecule has 1 aromatic carbocycles. The molecule has 0 saturated heterocycles. The number of nitrogen functional groups attached to an aromatic ring is 1. The zero-order valence-electron chi connectivity index (χ0n) is 10.4. The summed E-state index contributed by atoms with van der Waals surface area (Å²) in [5.41, 5.74) is 7.34. The van der Waals surface area contributed by atoms with E-state index in [9.17, 15) is 4.79 Å². The molecule has 0 radical (unpaired) electrons. The molecule has 7 heteroatoms. The van der Waals surface area contributed by atoms with Crippen molar-refractivity contribution in [3.63, 3.8) is 0 Å². The summed E-state index contributed by atoms with van der Waals surface area (Å²) in [6.45, 7) is 1.87. The number of anilines is 2. The van der Waals surface area contributed by atoms with Gasteiger partial charge >= 0.3 is 0 Å². The number of aromatic nitrogens is 1. The Morgan fingerprint density at radius 3 is 2.90 bits per heavy atom. The molecule has 0 fully saturated rings. The van der Waals surface area contributed by atoms with Crippen molar-refractivity contribution in [2.24, 2.45) is 0 Å². The number of carbonyl (C=O) groups is 1. The predicted molar refractivity (Wildman–Crippen MR) is 86.1 cm³/mol. The van der Waals surface area contributed by atoms with E-state index in [1.54, 1.807) is 6.07 Å². The van der Waals surface area contributed by atoms with Crippen molar-refractivity contribution >= 4 is 61.1 Å². The molecule has 0 aliphatic rings. The Bertz CT molecular complexity index is 809. The molecule has 1 amide bonds. The van der Waals surface area contributed by atoms with Gasteiger partial charge in [0, 0.05) is 15.5 Å². The van der Waals surface area contributed by atoms with E-state index in [1.165, 1.54) is 22.7 Å². The Labute approximate surface area is 128 Å². The second kappa shape index (κ2) is 5.05. The number of nitrogens with one attached hydrogen (secondary N) is 1. The average molecular weight is 324 g/mol. The normalized spacial score (nSPS) is 10.9. The van der Waals surface area contributed by atoms with Gasteiger partial charge in [0.15, 0.2) is 5.13 Å². The average Bonchev–Trinajstić information content (AvgIpc) is 2.95. The third-order valence-electron chi connectivity index (χ3n) is 2.75. The van der Waals surface area contributed by atoms with Gasteiger partial charge in [-0.1, -0.05) is 17.7 Å². The van der Waals surface area contributed by atoms with Crippen molar-refractivity contribution in [3.8, 4) is 0 Å². The standard InChI is InChI=1S/C13H10ClN3OS2/c1-6-5-19-13(16-6)17-12(18)11-10(15)9-7(14)3-2-4-8(9)20-11/h2-5H,15H2,1H3,(H,16,17,18). The van der Waals surface area contributed by atoms with Crippen LogP contribution >= 0.6 is 34.3 Å². The van der Waals surface area contributed by atoms with E-state index < -0.39 is 0 Å². The van der Waals surface area contributed by atoms with Gasteiger partial charge in [0.2, 0.25) is 0 Å². The molecular formula is C13H10ClN3OS2. The number of hydrogen-bond donors (Lipinski definition) is 2. The highest BCUT2D eigenvalue weighted by molar-refractivity contribution is 7.22. The van der Waals surface area contributed by atoms with Crippen LogP contribution in [0, 0.1) is 6.92 Å². The number of fused-ring (bicyclic) bond motifs is 1. The molecule has 0 aliphatic heterocycles. The van der Waals surface area contributed by atoms with E-state index in [-0.39, 0.29) is 5.91 Å². The highest BCUT2D eigenvalue weighted by Crippen LogP contribution is 2.38. The second-order valence-electron chi connectivity index (χ2n) is 4.21. The number of thiazole rings is 1. The molecule has 3 aromatic rings. The first-order valence-electron chi connectivity index (χ1n) is 5.76. The van der Waals surface area contributed by atoms with Crippen molar-refractivity contribution in [2.45, 2.75) is 6.92 Å². The van der Waals surface area contributed by atoms with Gasteiger partial charge in [-0.15, -0.1) is 22.7 Å². The molecule has 2 aromatic heterocycles. The molecule has 0 bridgehead atoms. The number of aryl methyl sites for hydroxylation is 1. The molecule has 3 rings (SSSR count). The van der Waals surface area contributed by atoms with Crippen molar-refractivity contribution in [1.29, 1.82) is 0 Å². The van der Waals surface area contributed by atoms with Gasteiger partial charge in [0.25, 0.3) is 5.91 Å². The number of hydrogen-bond acceptors (Lipinski definition) is 5. The van der Waals surface area contributed by atoms with E-state index in [0.717, 1.165) is 15.8 Å². The molecule has 0 spiro atoms. The molecular weight excluding hydrogens is 314 g/mol. The Morgan fingerprint density at radius 1 is 1.45 bits per heavy atom. The molecule has 0 atom stereocenters. The number of rotatable bonds is 2. The van der Waals surface area contributed by atoms with Crippen molar-refractivity contribution in [2.75, 3.05) is 11.1 Å². The van der Waals surface area contributed by atoms with E-state index >= 15 is 0 Å². The lowest BCUT2D eigenvalue weighted by Crippen LogP contribution is -2.11. The topological polar surface area (TPSA) is 68.0 Å². The molecule has 4 nitrogen and oxygen atoms in total. The molecule has 102 valence electrons. The van der Waals surface area contributed by atoms with Crippen LogP contribution in [0.4, 0.5) is 10.8 Å². The number of nitrogens with zero attached hydrogens (tertiary/aromatic N) is 1. The maximum atomic E-state index is 12.3. The predicted octanol–water partition coefficient (Wildman–Crippen LogP) is 4.15. The first-order valence-corrected chi connectivity index (χ1v) is 7.83. The Balaban J connectivity index is 1.99. The molecule has 0 saturated carbocycles. The summed E-state index contributed by atoms with van der Waals surface area (Å²) in [6.07, 6.45) is 0. The summed E-state index contributed by atoms with van der Waals surface area (Å²) in [4.78, 5) is 16.9. The van der Waals surface area contributed by atoms with E-state index in [1.807, 2.05) is 24.4 Å². The lowest BCUT2D eigenvalue weighted by atomic mass is 10.2. The number of benzene rings is 1. The lowest BCUT2D eigenvalue weighted by molar-refractivity contribution is 0.103. The van der Waals surface area contributed by atoms with Crippen LogP contribution in [-0.4, -0.2) is 10.9 Å². The zero-order valence-corrected chi connectivity index (χ0v) is 12.8. The van der Waals surface area contributed by atoms with Crippen LogP contribution in [0.3, 0.4) is 0 Å². The van der Waals surface area contributed by atoms with Crippen LogP contribution in [0.1, 0.15) is 15.4 Å². The smallest absolute Gasteiger partial charge is 0.269 e. The minimum atomic E-state index is -0.255. The number of nitrogens with two attached hydrogens (primary N) is 1. The minimum absolute atomic E-state index is 0.255. The van der Waals surface area contributed by atoms with Crippen molar-refractivity contribution in [1.82, 2.24) is 4.98 Å². The van der Waals surface area contributed by atoms with E-state index in [2.05, 4.69) is 10.3 Å². The van der Waals surface area contributed by atoms with E-state index in [4.69, 9.17) is 17.3 Å². The fourth-order valence-corrected chi connectivity index (χ4v) is 3.92. The fraction of sp³-hybridized carbons (Fsp3) is 0.0769. The highest BCUT2D eigenvalue weighted by atomic mass is 35.5. The summed E-state index contributed by atoms with van der Waals surface area (Å²) in [7, 11) is 0. The summed E-state index contributed by atoms with van der Waals surface area (Å²) >= 11 is 8.84. The SMILES string of the molecule is Cc1csc(NC(=O)c2sc3cccc(Cl)c3c2N)n1. The third-order valence-corrected chi connectivity index (χ3v) is 5.11. The van der Waals surface area contributed by atoms with Gasteiger partial charge in [-0.3, -0.25) is 10.1 Å². The van der Waals surface area contributed by atoms with Crippen molar-refractivity contribution < 1.29 is 4.79 Å². The summed E-state index contributed by atoms with van der Waals surface area (Å²) < 4.78 is 0.899. The van der Waals surface area contributed by atoms with Gasteiger partial charge in [-0.25, -0.2) is 4.98 Å². The van der Waals surface area contributed by atoms with Gasteiger partial charge in [0.05, 0.1) is 16.4 Å². The third kappa shape index (κ3) is 2.26. The van der Waals surface area contributed by atoms with Gasteiger partial charge < -0.3 is 5.73 Å². The number of amides is 1. The first-order chi connectivity index (χ1) is 9.56. The van der Waals surface area contributed by atoms with Crippen LogP contribution in [0.5, 0.6) is 0 Å². The Morgan fingerprint density at radius 2 is 2.25 bits per heavy atom. The van der Waals surface area contributed by atoms with Crippen LogP contribution in [0.25, 0.3) is 10.1 Å². The number of halogens is 1. The van der Waals surface area contributed by atoms with Crippen LogP contribution in [0.15, 0.2) is 23.6 Å². The molecule has 2 heterocycles. The van der Waals surface area contributed by atoms with Gasteiger partial charge in [-0.2, -0.15) is 0 Å². The van der Waals surface area contributed by atoms with Crippen LogP contribution in [-0.2, 0) is 0 Å². The fourth-order valence-electron chi connectivity index (χ4n) is 1.86. The second-order valence-corrected chi connectivity index (χ2v) is 6.52. The van der Waals surface area contributed by atoms with Crippen LogP contribution < -0.4 is 11.1 Å². The van der Waals surface area contributed by atoms with Crippen LogP contribution in [0.2, 0.25) is 5.02 Å². The molecule has 3 N–H and O–H groups in total. The van der Waals surface area contributed by atoms with Crippen molar-refractivity contribution in [3.05, 3.63) is 39.2 Å². The van der Waals surface area contributed by atoms with E-state index in [0.29, 0.717) is 20.7 Å². The maximum absolute atomic E-state index is 12.3. The molecule has 20 heavy (non-hydrogen) atoms.